The second-order valence-electron chi connectivity index (χ2n) is 4.34. The molecular formula is C13H17NO4. The van der Waals surface area contributed by atoms with Crippen molar-refractivity contribution in [3.63, 3.8) is 0 Å². The fourth-order valence-electron chi connectivity index (χ4n) is 2.25. The predicted octanol–water partition coefficient (Wildman–Crippen LogP) is 1.91. The maximum atomic E-state index is 10.7. The van der Waals surface area contributed by atoms with E-state index in [-0.39, 0.29) is 12.5 Å². The van der Waals surface area contributed by atoms with Gasteiger partial charge in [-0.2, -0.15) is 0 Å². The van der Waals surface area contributed by atoms with Crippen molar-refractivity contribution in [3.8, 4) is 11.5 Å². The van der Waals surface area contributed by atoms with Gasteiger partial charge in [-0.15, -0.1) is 0 Å². The molecule has 1 aromatic rings. The molecule has 0 bridgehead atoms. The van der Waals surface area contributed by atoms with Crippen LogP contribution in [-0.2, 0) is 11.2 Å². The Labute approximate surface area is 106 Å². The minimum Gasteiger partial charge on any atom is -0.497 e. The van der Waals surface area contributed by atoms with E-state index in [4.69, 9.17) is 14.6 Å². The number of anilines is 1. The van der Waals surface area contributed by atoms with Crippen molar-refractivity contribution in [1.29, 1.82) is 0 Å². The third-order valence-corrected chi connectivity index (χ3v) is 3.14. The first-order valence-electron chi connectivity index (χ1n) is 5.87. The second-order valence-corrected chi connectivity index (χ2v) is 4.34. The summed E-state index contributed by atoms with van der Waals surface area (Å²) >= 11 is 0. The molecule has 0 amide bonds. The number of methoxy groups -OCH3 is 2. The molecule has 0 aromatic heterocycles. The summed E-state index contributed by atoms with van der Waals surface area (Å²) in [6, 6.07) is 3.72. The number of hydrogen-bond acceptors (Lipinski definition) is 4. The number of nitrogens with one attached hydrogen (secondary N) is 1. The van der Waals surface area contributed by atoms with Crippen LogP contribution in [0.5, 0.6) is 11.5 Å². The maximum Gasteiger partial charge on any atom is 0.305 e. The highest BCUT2D eigenvalue weighted by Crippen LogP contribution is 2.38. The average molecular weight is 251 g/mol. The van der Waals surface area contributed by atoms with Gasteiger partial charge in [-0.05, 0) is 24.5 Å². The van der Waals surface area contributed by atoms with E-state index in [0.717, 1.165) is 29.8 Å². The molecule has 0 spiro atoms. The Morgan fingerprint density at radius 2 is 2.22 bits per heavy atom. The number of aryl methyl sites for hydroxylation is 1. The molecule has 0 saturated heterocycles. The third kappa shape index (κ3) is 2.50. The van der Waals surface area contributed by atoms with Gasteiger partial charge in [0.1, 0.15) is 11.5 Å². The van der Waals surface area contributed by atoms with Gasteiger partial charge in [-0.25, -0.2) is 0 Å². The second kappa shape index (κ2) is 5.16. The number of aliphatic carboxylic acids is 1. The summed E-state index contributed by atoms with van der Waals surface area (Å²) in [6.07, 6.45) is 1.75. The first kappa shape index (κ1) is 12.5. The molecular weight excluding hydrogens is 234 g/mol. The van der Waals surface area contributed by atoms with Gasteiger partial charge < -0.3 is 19.9 Å². The molecule has 1 unspecified atom stereocenters. The van der Waals surface area contributed by atoms with E-state index in [2.05, 4.69) is 5.32 Å². The zero-order valence-corrected chi connectivity index (χ0v) is 10.5. The number of ether oxygens (including phenoxy) is 2. The first-order chi connectivity index (χ1) is 8.63. The summed E-state index contributed by atoms with van der Waals surface area (Å²) in [5.41, 5.74) is 1.99. The van der Waals surface area contributed by atoms with Gasteiger partial charge in [0.05, 0.1) is 26.3 Å². The molecule has 1 aromatic carbocycles. The minimum absolute atomic E-state index is 0.0442. The predicted molar refractivity (Wildman–Crippen MR) is 67.5 cm³/mol. The molecule has 1 aliphatic rings. The van der Waals surface area contributed by atoms with Crippen molar-refractivity contribution in [1.82, 2.24) is 0 Å². The zero-order valence-electron chi connectivity index (χ0n) is 10.5. The van der Waals surface area contributed by atoms with Crippen molar-refractivity contribution in [2.24, 2.45) is 0 Å². The van der Waals surface area contributed by atoms with E-state index >= 15 is 0 Å². The van der Waals surface area contributed by atoms with Crippen molar-refractivity contribution < 1.29 is 19.4 Å². The van der Waals surface area contributed by atoms with Crippen molar-refractivity contribution in [2.45, 2.75) is 25.3 Å². The Bertz CT molecular complexity index is 441. The monoisotopic (exact) mass is 251 g/mol. The standard InChI is InChI=1S/C13H17NO4/c1-17-10-5-8-3-4-9(6-12(15)16)14-13(8)11(7-10)18-2/h5,7,9,14H,3-4,6H2,1-2H3,(H,15,16). The number of hydrogen-bond donors (Lipinski definition) is 2. The third-order valence-electron chi connectivity index (χ3n) is 3.14. The van der Waals surface area contributed by atoms with E-state index in [1.54, 1.807) is 20.3 Å². The van der Waals surface area contributed by atoms with E-state index in [9.17, 15) is 4.79 Å². The Kier molecular flexibility index (Phi) is 3.60. The lowest BCUT2D eigenvalue weighted by molar-refractivity contribution is -0.137. The van der Waals surface area contributed by atoms with Crippen molar-refractivity contribution >= 4 is 11.7 Å². The van der Waals surface area contributed by atoms with Gasteiger partial charge >= 0.3 is 5.97 Å². The molecule has 2 N–H and O–H groups in total. The van der Waals surface area contributed by atoms with Gasteiger partial charge in [-0.3, -0.25) is 4.79 Å². The van der Waals surface area contributed by atoms with Crippen LogP contribution < -0.4 is 14.8 Å². The molecule has 18 heavy (non-hydrogen) atoms. The smallest absolute Gasteiger partial charge is 0.305 e. The van der Waals surface area contributed by atoms with Gasteiger partial charge in [-0.1, -0.05) is 0 Å². The highest BCUT2D eigenvalue weighted by atomic mass is 16.5. The summed E-state index contributed by atoms with van der Waals surface area (Å²) < 4.78 is 10.5. The highest BCUT2D eigenvalue weighted by molar-refractivity contribution is 5.71. The van der Waals surface area contributed by atoms with Crippen LogP contribution in [-0.4, -0.2) is 31.3 Å². The van der Waals surface area contributed by atoms with Crippen LogP contribution in [0.3, 0.4) is 0 Å². The molecule has 5 nitrogen and oxygen atoms in total. The molecule has 2 rings (SSSR count). The highest BCUT2D eigenvalue weighted by Gasteiger charge is 2.23. The normalized spacial score (nSPS) is 17.6. The molecule has 0 aliphatic carbocycles. The number of carbonyl (C=O) groups is 1. The van der Waals surface area contributed by atoms with E-state index in [1.807, 2.05) is 6.07 Å². The van der Waals surface area contributed by atoms with Crippen LogP contribution in [0.2, 0.25) is 0 Å². The Balaban J connectivity index is 2.28. The van der Waals surface area contributed by atoms with Crippen LogP contribution in [0, 0.1) is 0 Å². The largest absolute Gasteiger partial charge is 0.497 e. The van der Waals surface area contributed by atoms with Gasteiger partial charge in [0.15, 0.2) is 0 Å². The number of benzene rings is 1. The summed E-state index contributed by atoms with van der Waals surface area (Å²) in [7, 11) is 3.21. The molecule has 0 fully saturated rings. The van der Waals surface area contributed by atoms with E-state index in [0.29, 0.717) is 5.75 Å². The number of carboxylic acids is 1. The first-order valence-corrected chi connectivity index (χ1v) is 5.87. The van der Waals surface area contributed by atoms with Gasteiger partial charge in [0.25, 0.3) is 0 Å². The summed E-state index contributed by atoms with van der Waals surface area (Å²) in [6.45, 7) is 0. The van der Waals surface area contributed by atoms with E-state index in [1.165, 1.54) is 0 Å². The topological polar surface area (TPSA) is 67.8 Å². The molecule has 1 aliphatic heterocycles. The maximum absolute atomic E-state index is 10.7. The van der Waals surface area contributed by atoms with Crippen molar-refractivity contribution in [3.05, 3.63) is 17.7 Å². The van der Waals surface area contributed by atoms with Crippen LogP contribution >= 0.6 is 0 Å². The lowest BCUT2D eigenvalue weighted by Crippen LogP contribution is -2.28. The summed E-state index contributed by atoms with van der Waals surface area (Å²) in [5, 5.41) is 12.1. The Morgan fingerprint density at radius 1 is 1.44 bits per heavy atom. The Morgan fingerprint density at radius 3 is 2.83 bits per heavy atom. The molecule has 98 valence electrons. The lowest BCUT2D eigenvalue weighted by atomic mass is 9.95. The zero-order chi connectivity index (χ0) is 13.1. The summed E-state index contributed by atoms with van der Waals surface area (Å²) in [5.74, 6) is 0.659. The molecule has 5 heteroatoms. The number of rotatable bonds is 4. The van der Waals surface area contributed by atoms with Gasteiger partial charge in [0.2, 0.25) is 0 Å². The molecule has 1 heterocycles. The van der Waals surface area contributed by atoms with Crippen LogP contribution in [0.25, 0.3) is 0 Å². The lowest BCUT2D eigenvalue weighted by Gasteiger charge is -2.27. The van der Waals surface area contributed by atoms with Crippen LogP contribution in [0.1, 0.15) is 18.4 Å². The minimum atomic E-state index is -0.788. The number of carboxylic acid groups (broad SMARTS) is 1. The van der Waals surface area contributed by atoms with Crippen LogP contribution in [0.15, 0.2) is 12.1 Å². The SMILES string of the molecule is COc1cc2c(c(OC)c1)NC(CC(=O)O)CC2. The molecule has 0 radical (unpaired) electrons. The molecule has 0 saturated carbocycles. The average Bonchev–Trinajstić information content (AvgIpc) is 2.36. The van der Waals surface area contributed by atoms with Crippen LogP contribution in [0.4, 0.5) is 5.69 Å². The van der Waals surface area contributed by atoms with E-state index < -0.39 is 5.97 Å². The number of fused-ring (bicyclic) bond motifs is 1. The van der Waals surface area contributed by atoms with Gasteiger partial charge in [0, 0.05) is 12.1 Å². The Hall–Kier alpha value is -1.91. The fraction of sp³-hybridized carbons (Fsp3) is 0.462. The quantitative estimate of drug-likeness (QED) is 0.855. The van der Waals surface area contributed by atoms with Crippen molar-refractivity contribution in [2.75, 3.05) is 19.5 Å². The summed E-state index contributed by atoms with van der Waals surface area (Å²) in [4.78, 5) is 10.7. The fourth-order valence-corrected chi connectivity index (χ4v) is 2.25. The molecule has 1 atom stereocenters.